The van der Waals surface area contributed by atoms with Gasteiger partial charge in [0.2, 0.25) is 0 Å². The molecule has 1 atom stereocenters. The van der Waals surface area contributed by atoms with Crippen molar-refractivity contribution >= 4 is 5.97 Å². The second-order valence-electron chi connectivity index (χ2n) is 2.81. The zero-order valence-electron chi connectivity index (χ0n) is 7.26. The van der Waals surface area contributed by atoms with Gasteiger partial charge in [0.15, 0.2) is 0 Å². The fourth-order valence-electron chi connectivity index (χ4n) is 0.859. The summed E-state index contributed by atoms with van der Waals surface area (Å²) >= 11 is 0. The number of carbonyl (C=O) groups is 1. The van der Waals surface area contributed by atoms with E-state index < -0.39 is 5.97 Å². The minimum atomic E-state index is -0.735. The van der Waals surface area contributed by atoms with Crippen LogP contribution in [0.4, 0.5) is 0 Å². The molecule has 0 aromatic rings. The number of hydrogen-bond acceptors (Lipinski definition) is 2. The molecule has 0 aromatic carbocycles. The third-order valence-electron chi connectivity index (χ3n) is 1.50. The molecule has 0 amide bonds. The monoisotopic (exact) mass is 159 g/mol. The number of rotatable bonds is 6. The SMILES string of the molecule is CCCCNC(C)CC(=O)O. The molecule has 0 saturated heterocycles. The maximum Gasteiger partial charge on any atom is 0.304 e. The van der Waals surface area contributed by atoms with Crippen molar-refractivity contribution in [1.82, 2.24) is 5.32 Å². The topological polar surface area (TPSA) is 49.3 Å². The van der Waals surface area contributed by atoms with E-state index >= 15 is 0 Å². The van der Waals surface area contributed by atoms with E-state index in [9.17, 15) is 4.79 Å². The molecule has 66 valence electrons. The Morgan fingerprint density at radius 1 is 1.64 bits per heavy atom. The second-order valence-corrected chi connectivity index (χ2v) is 2.81. The average molecular weight is 159 g/mol. The van der Waals surface area contributed by atoms with Crippen molar-refractivity contribution in [3.8, 4) is 0 Å². The van der Waals surface area contributed by atoms with Gasteiger partial charge in [0.25, 0.3) is 0 Å². The van der Waals surface area contributed by atoms with Gasteiger partial charge in [-0.1, -0.05) is 13.3 Å². The van der Waals surface area contributed by atoms with Gasteiger partial charge >= 0.3 is 5.97 Å². The third-order valence-corrected chi connectivity index (χ3v) is 1.50. The minimum Gasteiger partial charge on any atom is -0.481 e. The number of unbranched alkanes of at least 4 members (excludes halogenated alkanes) is 1. The van der Waals surface area contributed by atoms with Crippen LogP contribution in [0.3, 0.4) is 0 Å². The van der Waals surface area contributed by atoms with Gasteiger partial charge < -0.3 is 10.4 Å². The Morgan fingerprint density at radius 3 is 2.73 bits per heavy atom. The highest BCUT2D eigenvalue weighted by Crippen LogP contribution is 1.91. The molecule has 0 spiro atoms. The second kappa shape index (κ2) is 6.16. The van der Waals surface area contributed by atoms with Crippen molar-refractivity contribution in [3.63, 3.8) is 0 Å². The highest BCUT2D eigenvalue weighted by atomic mass is 16.4. The van der Waals surface area contributed by atoms with Crippen LogP contribution in [0.15, 0.2) is 0 Å². The largest absolute Gasteiger partial charge is 0.481 e. The molecule has 11 heavy (non-hydrogen) atoms. The summed E-state index contributed by atoms with van der Waals surface area (Å²) in [4.78, 5) is 10.2. The zero-order valence-corrected chi connectivity index (χ0v) is 7.26. The molecule has 1 unspecified atom stereocenters. The molecule has 0 heterocycles. The fraction of sp³-hybridized carbons (Fsp3) is 0.875. The summed E-state index contributed by atoms with van der Waals surface area (Å²) < 4.78 is 0. The number of hydrogen-bond donors (Lipinski definition) is 2. The molecule has 0 radical (unpaired) electrons. The van der Waals surface area contributed by atoms with E-state index in [0.717, 1.165) is 19.4 Å². The molecule has 0 aliphatic rings. The summed E-state index contributed by atoms with van der Waals surface area (Å²) in [6, 6.07) is 0.0963. The van der Waals surface area contributed by atoms with Gasteiger partial charge in [-0.05, 0) is 19.9 Å². The Morgan fingerprint density at radius 2 is 2.27 bits per heavy atom. The Hall–Kier alpha value is -0.570. The van der Waals surface area contributed by atoms with Crippen molar-refractivity contribution in [2.45, 2.75) is 39.2 Å². The molecule has 3 nitrogen and oxygen atoms in total. The molecule has 0 bridgehead atoms. The lowest BCUT2D eigenvalue weighted by Crippen LogP contribution is -2.29. The number of nitrogens with one attached hydrogen (secondary N) is 1. The lowest BCUT2D eigenvalue weighted by Gasteiger charge is -2.09. The Kier molecular flexibility index (Phi) is 5.84. The standard InChI is InChI=1S/C8H17NO2/c1-3-4-5-9-7(2)6-8(10)11/h7,9H,3-6H2,1-2H3,(H,10,11). The van der Waals surface area contributed by atoms with Gasteiger partial charge in [-0.2, -0.15) is 0 Å². The van der Waals surface area contributed by atoms with E-state index in [1.165, 1.54) is 0 Å². The highest BCUT2D eigenvalue weighted by Gasteiger charge is 2.04. The average Bonchev–Trinajstić information content (AvgIpc) is 1.86. The fourth-order valence-corrected chi connectivity index (χ4v) is 0.859. The van der Waals surface area contributed by atoms with Gasteiger partial charge in [0, 0.05) is 6.04 Å². The molecular formula is C8H17NO2. The summed E-state index contributed by atoms with van der Waals surface area (Å²) in [7, 11) is 0. The summed E-state index contributed by atoms with van der Waals surface area (Å²) in [5.74, 6) is -0.735. The molecule has 0 aromatic heterocycles. The smallest absolute Gasteiger partial charge is 0.304 e. The molecule has 0 fully saturated rings. The van der Waals surface area contributed by atoms with Gasteiger partial charge in [-0.3, -0.25) is 4.79 Å². The van der Waals surface area contributed by atoms with Crippen LogP contribution in [0.25, 0.3) is 0 Å². The number of carboxylic acid groups (broad SMARTS) is 1. The molecule has 0 rings (SSSR count). The Balaban J connectivity index is 3.22. The van der Waals surface area contributed by atoms with Crippen LogP contribution in [0.5, 0.6) is 0 Å². The quantitative estimate of drug-likeness (QED) is 0.573. The maximum absolute atomic E-state index is 10.2. The van der Waals surface area contributed by atoms with Crippen LogP contribution in [-0.2, 0) is 4.79 Å². The summed E-state index contributed by atoms with van der Waals surface area (Å²) in [6.07, 6.45) is 2.47. The summed E-state index contributed by atoms with van der Waals surface area (Å²) in [6.45, 7) is 4.93. The molecule has 0 aliphatic carbocycles. The van der Waals surface area contributed by atoms with Crippen LogP contribution in [0.2, 0.25) is 0 Å². The van der Waals surface area contributed by atoms with Crippen LogP contribution in [0, 0.1) is 0 Å². The van der Waals surface area contributed by atoms with E-state index in [-0.39, 0.29) is 12.5 Å². The third kappa shape index (κ3) is 7.33. The normalized spacial score (nSPS) is 12.9. The van der Waals surface area contributed by atoms with Crippen LogP contribution in [0.1, 0.15) is 33.1 Å². The first kappa shape index (κ1) is 10.4. The van der Waals surface area contributed by atoms with E-state index in [4.69, 9.17) is 5.11 Å². The first-order chi connectivity index (χ1) is 5.16. The molecule has 0 saturated carbocycles. The van der Waals surface area contributed by atoms with Crippen molar-refractivity contribution in [1.29, 1.82) is 0 Å². The molecule has 2 N–H and O–H groups in total. The lowest BCUT2D eigenvalue weighted by molar-refractivity contribution is -0.137. The van der Waals surface area contributed by atoms with Crippen LogP contribution >= 0.6 is 0 Å². The Labute approximate surface area is 67.8 Å². The molecule has 3 heteroatoms. The number of carboxylic acids is 1. The van der Waals surface area contributed by atoms with E-state index in [2.05, 4.69) is 12.2 Å². The van der Waals surface area contributed by atoms with Crippen molar-refractivity contribution in [2.24, 2.45) is 0 Å². The van der Waals surface area contributed by atoms with Crippen LogP contribution < -0.4 is 5.32 Å². The van der Waals surface area contributed by atoms with Crippen LogP contribution in [-0.4, -0.2) is 23.7 Å². The van der Waals surface area contributed by atoms with Gasteiger partial charge in [0.1, 0.15) is 0 Å². The molecule has 0 aliphatic heterocycles. The molecular weight excluding hydrogens is 142 g/mol. The predicted octanol–water partition coefficient (Wildman–Crippen LogP) is 1.24. The lowest BCUT2D eigenvalue weighted by atomic mass is 10.2. The van der Waals surface area contributed by atoms with Gasteiger partial charge in [-0.15, -0.1) is 0 Å². The van der Waals surface area contributed by atoms with Crippen molar-refractivity contribution < 1.29 is 9.90 Å². The zero-order chi connectivity index (χ0) is 8.69. The van der Waals surface area contributed by atoms with E-state index in [0.29, 0.717) is 0 Å². The van der Waals surface area contributed by atoms with E-state index in [1.807, 2.05) is 6.92 Å². The Bertz CT molecular complexity index is 115. The van der Waals surface area contributed by atoms with E-state index in [1.54, 1.807) is 0 Å². The van der Waals surface area contributed by atoms with Crippen molar-refractivity contribution in [3.05, 3.63) is 0 Å². The predicted molar refractivity (Wildman–Crippen MR) is 44.6 cm³/mol. The van der Waals surface area contributed by atoms with Crippen molar-refractivity contribution in [2.75, 3.05) is 6.54 Å². The first-order valence-electron chi connectivity index (χ1n) is 4.12. The maximum atomic E-state index is 10.2. The van der Waals surface area contributed by atoms with Gasteiger partial charge in [-0.25, -0.2) is 0 Å². The van der Waals surface area contributed by atoms with Gasteiger partial charge in [0.05, 0.1) is 6.42 Å². The number of aliphatic carboxylic acids is 1. The summed E-state index contributed by atoms with van der Waals surface area (Å²) in [5.41, 5.74) is 0. The first-order valence-corrected chi connectivity index (χ1v) is 4.12. The summed E-state index contributed by atoms with van der Waals surface area (Å²) in [5, 5.41) is 11.5. The minimum absolute atomic E-state index is 0.0963. The highest BCUT2D eigenvalue weighted by molar-refractivity contribution is 5.67.